The Labute approximate surface area is 117 Å². The van der Waals surface area contributed by atoms with Crippen LogP contribution < -0.4 is 4.74 Å². The summed E-state index contributed by atoms with van der Waals surface area (Å²) in [6, 6.07) is 5.48. The number of carbonyl (C=O) groups excluding carboxylic acids is 1. The van der Waals surface area contributed by atoms with E-state index in [0.717, 1.165) is 11.3 Å². The molecule has 1 heterocycles. The fourth-order valence-electron chi connectivity index (χ4n) is 1.26. The lowest BCUT2D eigenvalue weighted by Crippen LogP contribution is -2.03. The molecule has 8 nitrogen and oxygen atoms in total. The van der Waals surface area contributed by atoms with Gasteiger partial charge in [0.1, 0.15) is 5.75 Å². The Morgan fingerprint density at radius 3 is 2.65 bits per heavy atom. The zero-order valence-corrected chi connectivity index (χ0v) is 11.1. The number of hydrogen-bond donors (Lipinski definition) is 0. The van der Waals surface area contributed by atoms with Gasteiger partial charge in [-0.15, -0.1) is 5.10 Å². The van der Waals surface area contributed by atoms with Crippen molar-refractivity contribution in [2.75, 3.05) is 6.61 Å². The van der Waals surface area contributed by atoms with Gasteiger partial charge in [0, 0.05) is 12.1 Å². The van der Waals surface area contributed by atoms with E-state index < -0.39 is 10.9 Å². The van der Waals surface area contributed by atoms with Crippen LogP contribution in [-0.4, -0.2) is 27.7 Å². The molecule has 1 aromatic carbocycles. The Morgan fingerprint density at radius 2 is 2.05 bits per heavy atom. The van der Waals surface area contributed by atoms with Gasteiger partial charge in [0.2, 0.25) is 5.01 Å². The summed E-state index contributed by atoms with van der Waals surface area (Å²) in [6.45, 7) is 1.93. The van der Waals surface area contributed by atoms with Crippen molar-refractivity contribution >= 4 is 23.0 Å². The molecule has 20 heavy (non-hydrogen) atoms. The maximum atomic E-state index is 11.4. The summed E-state index contributed by atoms with van der Waals surface area (Å²) in [5.74, 6) is -0.203. The molecule has 2 aromatic rings. The van der Waals surface area contributed by atoms with Gasteiger partial charge >= 0.3 is 5.97 Å². The first kappa shape index (κ1) is 13.9. The molecule has 2 rings (SSSR count). The summed E-state index contributed by atoms with van der Waals surface area (Å²) in [4.78, 5) is 21.4. The second kappa shape index (κ2) is 6.06. The molecule has 0 radical (unpaired) electrons. The molecule has 0 saturated carbocycles. The molecule has 104 valence electrons. The van der Waals surface area contributed by atoms with E-state index in [9.17, 15) is 14.9 Å². The van der Waals surface area contributed by atoms with E-state index in [0.29, 0.717) is 5.75 Å². The molecule has 0 aliphatic carbocycles. The summed E-state index contributed by atoms with van der Waals surface area (Å²) in [5.41, 5.74) is -0.0400. The van der Waals surface area contributed by atoms with Crippen LogP contribution in [0.2, 0.25) is 0 Å². The number of nitro benzene ring substituents is 1. The molecule has 9 heteroatoms. The van der Waals surface area contributed by atoms with Crippen molar-refractivity contribution in [1.29, 1.82) is 0 Å². The van der Waals surface area contributed by atoms with Crippen LogP contribution in [0, 0.1) is 10.1 Å². The number of nitrogens with zero attached hydrogens (tertiary/aromatic N) is 3. The van der Waals surface area contributed by atoms with E-state index >= 15 is 0 Å². The van der Waals surface area contributed by atoms with Gasteiger partial charge in [-0.25, -0.2) is 4.79 Å². The highest BCUT2D eigenvalue weighted by Crippen LogP contribution is 2.26. The number of esters is 1. The molecule has 0 N–H and O–H groups in total. The third kappa shape index (κ3) is 3.26. The molecular weight excluding hydrogens is 286 g/mol. The summed E-state index contributed by atoms with van der Waals surface area (Å²) in [5, 5.41) is 18.1. The van der Waals surface area contributed by atoms with Gasteiger partial charge in [-0.3, -0.25) is 10.1 Å². The summed E-state index contributed by atoms with van der Waals surface area (Å²) in [7, 11) is 0. The minimum atomic E-state index is -0.566. The van der Waals surface area contributed by atoms with Crippen LogP contribution in [0.4, 0.5) is 5.69 Å². The zero-order chi connectivity index (χ0) is 14.5. The van der Waals surface area contributed by atoms with Crippen molar-refractivity contribution in [2.24, 2.45) is 0 Å². The van der Waals surface area contributed by atoms with Crippen LogP contribution in [0.1, 0.15) is 16.7 Å². The van der Waals surface area contributed by atoms with Crippen molar-refractivity contribution in [3.05, 3.63) is 39.4 Å². The molecule has 0 unspecified atom stereocenters. The summed E-state index contributed by atoms with van der Waals surface area (Å²) < 4.78 is 10.1. The van der Waals surface area contributed by atoms with E-state index in [-0.39, 0.29) is 22.5 Å². The van der Waals surface area contributed by atoms with Crippen LogP contribution >= 0.6 is 11.3 Å². The molecular formula is C11H9N3O5S. The second-order valence-corrected chi connectivity index (χ2v) is 4.39. The number of benzene rings is 1. The Bertz CT molecular complexity index is 625. The van der Waals surface area contributed by atoms with E-state index in [1.54, 1.807) is 6.92 Å². The molecule has 0 amide bonds. The van der Waals surface area contributed by atoms with Gasteiger partial charge in [-0.2, -0.15) is 0 Å². The van der Waals surface area contributed by atoms with Gasteiger partial charge in [-0.05, 0) is 30.4 Å². The monoisotopic (exact) mass is 295 g/mol. The lowest BCUT2D eigenvalue weighted by Gasteiger charge is -1.99. The zero-order valence-electron chi connectivity index (χ0n) is 10.3. The average Bonchev–Trinajstić information content (AvgIpc) is 2.88. The Kier molecular flexibility index (Phi) is 4.20. The fourth-order valence-corrected chi connectivity index (χ4v) is 1.87. The number of aromatic nitrogens is 2. The quantitative estimate of drug-likeness (QED) is 0.474. The first-order valence-corrected chi connectivity index (χ1v) is 6.34. The fraction of sp³-hybridized carbons (Fsp3) is 0.182. The predicted octanol–water partition coefficient (Wildman–Crippen LogP) is 2.42. The number of nitro groups is 1. The van der Waals surface area contributed by atoms with Crippen molar-refractivity contribution < 1.29 is 19.2 Å². The highest BCUT2D eigenvalue weighted by Gasteiger charge is 2.15. The van der Waals surface area contributed by atoms with Crippen molar-refractivity contribution in [1.82, 2.24) is 10.2 Å². The van der Waals surface area contributed by atoms with Gasteiger partial charge in [0.15, 0.2) is 0 Å². The number of ether oxygens (including phenoxy) is 2. The molecule has 0 atom stereocenters. The third-order valence-electron chi connectivity index (χ3n) is 2.11. The van der Waals surface area contributed by atoms with Crippen molar-refractivity contribution in [3.63, 3.8) is 0 Å². The number of non-ortho nitro benzene ring substituents is 1. The van der Waals surface area contributed by atoms with Crippen LogP contribution in [0.15, 0.2) is 24.3 Å². The number of carbonyl (C=O) groups is 1. The van der Waals surface area contributed by atoms with E-state index in [2.05, 4.69) is 10.2 Å². The standard InChI is InChI=1S/C11H9N3O5S/c1-2-18-10(15)9-12-13-11(20-9)19-8-5-3-7(4-6-8)14(16)17/h3-6H,2H2,1H3. The number of hydrogen-bond acceptors (Lipinski definition) is 8. The predicted molar refractivity (Wildman–Crippen MR) is 69.0 cm³/mol. The highest BCUT2D eigenvalue weighted by molar-refractivity contribution is 7.14. The van der Waals surface area contributed by atoms with Gasteiger partial charge in [-0.1, -0.05) is 5.10 Å². The van der Waals surface area contributed by atoms with E-state index in [1.165, 1.54) is 24.3 Å². The smallest absolute Gasteiger partial charge is 0.369 e. The number of rotatable bonds is 5. The second-order valence-electron chi connectivity index (χ2n) is 3.45. The topological polar surface area (TPSA) is 104 Å². The maximum Gasteiger partial charge on any atom is 0.369 e. The summed E-state index contributed by atoms with van der Waals surface area (Å²) >= 11 is 0.933. The minimum Gasteiger partial charge on any atom is -0.461 e. The van der Waals surface area contributed by atoms with Gasteiger partial charge in [0.05, 0.1) is 11.5 Å². The van der Waals surface area contributed by atoms with Crippen LogP contribution in [0.3, 0.4) is 0 Å². The normalized spacial score (nSPS) is 10.1. The van der Waals surface area contributed by atoms with Crippen LogP contribution in [-0.2, 0) is 4.74 Å². The Balaban J connectivity index is 2.06. The van der Waals surface area contributed by atoms with Gasteiger partial charge < -0.3 is 9.47 Å². The Morgan fingerprint density at radius 1 is 1.35 bits per heavy atom. The third-order valence-corrected chi connectivity index (χ3v) is 2.89. The highest BCUT2D eigenvalue weighted by atomic mass is 32.1. The van der Waals surface area contributed by atoms with Crippen molar-refractivity contribution in [2.45, 2.75) is 6.92 Å². The molecule has 1 aromatic heterocycles. The molecule has 0 aliphatic rings. The van der Waals surface area contributed by atoms with Crippen LogP contribution in [0.25, 0.3) is 0 Å². The van der Waals surface area contributed by atoms with Crippen molar-refractivity contribution in [3.8, 4) is 10.9 Å². The van der Waals surface area contributed by atoms with Gasteiger partial charge in [0.25, 0.3) is 10.9 Å². The molecule has 0 aliphatic heterocycles. The average molecular weight is 295 g/mol. The minimum absolute atomic E-state index is 0.0400. The SMILES string of the molecule is CCOC(=O)c1nnc(Oc2ccc([N+](=O)[O-])cc2)s1. The lowest BCUT2D eigenvalue weighted by molar-refractivity contribution is -0.384. The molecule has 0 saturated heterocycles. The van der Waals surface area contributed by atoms with E-state index in [1.807, 2.05) is 0 Å². The Hall–Kier alpha value is -2.55. The summed E-state index contributed by atoms with van der Waals surface area (Å²) in [6.07, 6.45) is 0. The molecule has 0 spiro atoms. The molecule has 0 fully saturated rings. The largest absolute Gasteiger partial charge is 0.461 e. The first-order chi connectivity index (χ1) is 9.60. The molecule has 0 bridgehead atoms. The van der Waals surface area contributed by atoms with E-state index in [4.69, 9.17) is 9.47 Å². The first-order valence-electron chi connectivity index (χ1n) is 5.53. The lowest BCUT2D eigenvalue weighted by atomic mass is 10.3. The van der Waals surface area contributed by atoms with Crippen LogP contribution in [0.5, 0.6) is 10.9 Å². The maximum absolute atomic E-state index is 11.4.